The summed E-state index contributed by atoms with van der Waals surface area (Å²) in [4.78, 5) is 0. The molecule has 1 aromatic rings. The third kappa shape index (κ3) is 4.47. The van der Waals surface area contributed by atoms with Crippen LogP contribution >= 0.6 is 0 Å². The molecule has 3 heteroatoms. The van der Waals surface area contributed by atoms with Gasteiger partial charge in [0.25, 0.3) is 0 Å². The van der Waals surface area contributed by atoms with Gasteiger partial charge in [-0.1, -0.05) is 39.0 Å². The summed E-state index contributed by atoms with van der Waals surface area (Å²) in [7, 11) is 1.87. The van der Waals surface area contributed by atoms with Crippen LogP contribution in [-0.4, -0.2) is 14.9 Å². The summed E-state index contributed by atoms with van der Waals surface area (Å²) in [5.74, 6) is 0. The predicted octanol–water partition coefficient (Wildman–Crippen LogP) is 2.81. The Kier molecular flexibility index (Phi) is 5.40. The first-order valence-corrected chi connectivity index (χ1v) is 5.91. The largest absolute Gasteiger partial charge is 0.387 e. The Balaban J connectivity index is 2.16. The molecule has 0 spiro atoms. The van der Waals surface area contributed by atoms with Gasteiger partial charge in [0.15, 0.2) is 0 Å². The fourth-order valence-electron chi connectivity index (χ4n) is 1.70. The topological polar surface area (TPSA) is 38.0 Å². The molecular formula is C12H22N2O. The second kappa shape index (κ2) is 6.62. The molecule has 0 aliphatic heterocycles. The molecule has 1 unspecified atom stereocenters. The van der Waals surface area contributed by atoms with Crippen molar-refractivity contribution in [1.29, 1.82) is 0 Å². The van der Waals surface area contributed by atoms with E-state index in [0.29, 0.717) is 0 Å². The number of unbranched alkanes of at least 4 members (excludes halogenated alkanes) is 4. The molecule has 1 atom stereocenters. The van der Waals surface area contributed by atoms with Crippen molar-refractivity contribution >= 4 is 0 Å². The van der Waals surface area contributed by atoms with Gasteiger partial charge in [-0.15, -0.1) is 0 Å². The maximum absolute atomic E-state index is 9.81. The van der Waals surface area contributed by atoms with Crippen LogP contribution in [0, 0.1) is 0 Å². The van der Waals surface area contributed by atoms with E-state index in [-0.39, 0.29) is 6.10 Å². The zero-order valence-corrected chi connectivity index (χ0v) is 9.82. The van der Waals surface area contributed by atoms with Gasteiger partial charge in [-0.2, -0.15) is 5.10 Å². The van der Waals surface area contributed by atoms with Crippen LogP contribution in [0.5, 0.6) is 0 Å². The highest BCUT2D eigenvalue weighted by atomic mass is 16.3. The molecule has 15 heavy (non-hydrogen) atoms. The molecule has 1 heterocycles. The highest BCUT2D eigenvalue weighted by Gasteiger charge is 2.09. The van der Waals surface area contributed by atoms with Crippen LogP contribution in [0.3, 0.4) is 0 Å². The van der Waals surface area contributed by atoms with Crippen molar-refractivity contribution in [2.45, 2.75) is 51.6 Å². The minimum absolute atomic E-state index is 0.382. The normalized spacial score (nSPS) is 13.0. The molecule has 0 radical (unpaired) electrons. The fourth-order valence-corrected chi connectivity index (χ4v) is 1.70. The summed E-state index contributed by atoms with van der Waals surface area (Å²) in [6.07, 6.45) is 8.49. The van der Waals surface area contributed by atoms with E-state index < -0.39 is 0 Å². The van der Waals surface area contributed by atoms with E-state index in [4.69, 9.17) is 0 Å². The van der Waals surface area contributed by atoms with Crippen LogP contribution in [0.25, 0.3) is 0 Å². The highest BCUT2D eigenvalue weighted by molar-refractivity contribution is 5.02. The summed E-state index contributed by atoms with van der Waals surface area (Å²) in [6, 6.07) is 1.89. The van der Waals surface area contributed by atoms with Crippen LogP contribution in [0.2, 0.25) is 0 Å². The number of hydrogen-bond acceptors (Lipinski definition) is 2. The van der Waals surface area contributed by atoms with Gasteiger partial charge in [0.1, 0.15) is 0 Å². The molecule has 3 nitrogen and oxygen atoms in total. The number of aromatic nitrogens is 2. The summed E-state index contributed by atoms with van der Waals surface area (Å²) < 4.78 is 1.73. The smallest absolute Gasteiger partial charge is 0.0978 e. The number of hydrogen-bond donors (Lipinski definition) is 1. The zero-order valence-electron chi connectivity index (χ0n) is 9.82. The van der Waals surface area contributed by atoms with Crippen molar-refractivity contribution in [3.05, 3.63) is 18.0 Å². The Morgan fingerprint density at radius 1 is 1.33 bits per heavy atom. The summed E-state index contributed by atoms with van der Waals surface area (Å²) >= 11 is 0. The number of rotatable bonds is 7. The van der Waals surface area contributed by atoms with E-state index >= 15 is 0 Å². The monoisotopic (exact) mass is 210 g/mol. The molecule has 0 saturated carbocycles. The van der Waals surface area contributed by atoms with Crippen molar-refractivity contribution in [3.63, 3.8) is 0 Å². The molecule has 0 fully saturated rings. The van der Waals surface area contributed by atoms with Crippen molar-refractivity contribution < 1.29 is 5.11 Å². The van der Waals surface area contributed by atoms with Crippen LogP contribution < -0.4 is 0 Å². The highest BCUT2D eigenvalue weighted by Crippen LogP contribution is 2.18. The zero-order chi connectivity index (χ0) is 11.1. The Bertz CT molecular complexity index is 270. The van der Waals surface area contributed by atoms with Crippen LogP contribution in [0.4, 0.5) is 0 Å². The van der Waals surface area contributed by atoms with Crippen LogP contribution in [-0.2, 0) is 7.05 Å². The summed E-state index contributed by atoms with van der Waals surface area (Å²) in [5, 5.41) is 14.0. The minimum Gasteiger partial charge on any atom is -0.387 e. The Hall–Kier alpha value is -0.830. The number of aliphatic hydroxyl groups excluding tert-OH is 1. The van der Waals surface area contributed by atoms with Crippen molar-refractivity contribution in [2.24, 2.45) is 7.05 Å². The Morgan fingerprint density at radius 2 is 2.07 bits per heavy atom. The fraction of sp³-hybridized carbons (Fsp3) is 0.750. The third-order valence-electron chi connectivity index (χ3n) is 2.66. The Morgan fingerprint density at radius 3 is 2.67 bits per heavy atom. The SMILES string of the molecule is CCCCCCCC(O)c1ccn(C)n1. The first kappa shape index (κ1) is 12.2. The van der Waals surface area contributed by atoms with E-state index in [0.717, 1.165) is 18.5 Å². The lowest BCUT2D eigenvalue weighted by Gasteiger charge is -2.06. The average Bonchev–Trinajstić information content (AvgIpc) is 2.64. The van der Waals surface area contributed by atoms with Crippen molar-refractivity contribution in [3.8, 4) is 0 Å². The average molecular weight is 210 g/mol. The van der Waals surface area contributed by atoms with E-state index in [2.05, 4.69) is 12.0 Å². The standard InChI is InChI=1S/C12H22N2O/c1-3-4-5-6-7-8-12(15)11-9-10-14(2)13-11/h9-10,12,15H,3-8H2,1-2H3. The number of nitrogens with zero attached hydrogens (tertiary/aromatic N) is 2. The third-order valence-corrected chi connectivity index (χ3v) is 2.66. The molecule has 0 amide bonds. The van der Waals surface area contributed by atoms with Gasteiger partial charge < -0.3 is 5.11 Å². The lowest BCUT2D eigenvalue weighted by atomic mass is 10.1. The number of aliphatic hydroxyl groups is 1. The molecule has 0 aliphatic rings. The molecule has 0 bridgehead atoms. The second-order valence-electron chi connectivity index (χ2n) is 4.13. The van der Waals surface area contributed by atoms with Gasteiger partial charge in [-0.3, -0.25) is 4.68 Å². The molecule has 1 N–H and O–H groups in total. The van der Waals surface area contributed by atoms with E-state index in [1.165, 1.54) is 25.7 Å². The van der Waals surface area contributed by atoms with Gasteiger partial charge in [-0.25, -0.2) is 0 Å². The molecule has 0 aromatic carbocycles. The quantitative estimate of drug-likeness (QED) is 0.703. The van der Waals surface area contributed by atoms with Gasteiger partial charge in [0.2, 0.25) is 0 Å². The first-order chi connectivity index (χ1) is 7.24. The van der Waals surface area contributed by atoms with Gasteiger partial charge >= 0.3 is 0 Å². The molecule has 0 saturated heterocycles. The lowest BCUT2D eigenvalue weighted by molar-refractivity contribution is 0.158. The van der Waals surface area contributed by atoms with Gasteiger partial charge in [0, 0.05) is 13.2 Å². The van der Waals surface area contributed by atoms with E-state index in [1.807, 2.05) is 19.3 Å². The van der Waals surface area contributed by atoms with Crippen molar-refractivity contribution in [1.82, 2.24) is 9.78 Å². The second-order valence-corrected chi connectivity index (χ2v) is 4.13. The molecule has 1 aromatic heterocycles. The summed E-state index contributed by atoms with van der Waals surface area (Å²) in [6.45, 7) is 2.21. The van der Waals surface area contributed by atoms with Gasteiger partial charge in [0.05, 0.1) is 11.8 Å². The maximum Gasteiger partial charge on any atom is 0.0978 e. The van der Waals surface area contributed by atoms with Crippen LogP contribution in [0.1, 0.15) is 57.2 Å². The predicted molar refractivity (Wildman–Crippen MR) is 61.5 cm³/mol. The number of aryl methyl sites for hydroxylation is 1. The molecule has 86 valence electrons. The van der Waals surface area contributed by atoms with Gasteiger partial charge in [-0.05, 0) is 12.5 Å². The van der Waals surface area contributed by atoms with E-state index in [1.54, 1.807) is 4.68 Å². The molecule has 1 rings (SSSR count). The van der Waals surface area contributed by atoms with Crippen LogP contribution in [0.15, 0.2) is 12.3 Å². The Labute approximate surface area is 92.1 Å². The maximum atomic E-state index is 9.81. The lowest BCUT2D eigenvalue weighted by Crippen LogP contribution is -1.99. The minimum atomic E-state index is -0.382. The molecular weight excluding hydrogens is 188 g/mol. The summed E-state index contributed by atoms with van der Waals surface area (Å²) in [5.41, 5.74) is 0.799. The van der Waals surface area contributed by atoms with E-state index in [9.17, 15) is 5.11 Å². The first-order valence-electron chi connectivity index (χ1n) is 5.91. The van der Waals surface area contributed by atoms with Crippen molar-refractivity contribution in [2.75, 3.05) is 0 Å². The molecule has 0 aliphatic carbocycles.